The minimum Gasteiger partial charge on any atom is -0.439 e. The Bertz CT molecular complexity index is 70.0. The molecule has 52 valence electrons. The molecule has 0 aromatic rings. The molecule has 0 aliphatic heterocycles. The van der Waals surface area contributed by atoms with Crippen molar-refractivity contribution in [3.63, 3.8) is 0 Å². The van der Waals surface area contributed by atoms with Crippen molar-refractivity contribution in [1.29, 1.82) is 0 Å². The third-order valence-electron chi connectivity index (χ3n) is 1.37. The summed E-state index contributed by atoms with van der Waals surface area (Å²) in [5, 5.41) is 0. The molecule has 0 aliphatic carbocycles. The monoisotopic (exact) mass is 146 g/mol. The first-order chi connectivity index (χ1) is 4.16. The van der Waals surface area contributed by atoms with E-state index in [9.17, 15) is 0 Å². The van der Waals surface area contributed by atoms with Crippen molar-refractivity contribution in [2.75, 3.05) is 7.11 Å². The molecule has 0 heterocycles. The van der Waals surface area contributed by atoms with Gasteiger partial charge in [-0.25, -0.2) is 0 Å². The Balaban J connectivity index is 3.06. The van der Waals surface area contributed by atoms with Gasteiger partial charge in [0, 0.05) is 7.11 Å². The third-order valence-corrected chi connectivity index (χ3v) is 1.59. The highest BCUT2D eigenvalue weighted by atomic mass is 35.5. The molecule has 0 spiro atoms. The van der Waals surface area contributed by atoms with Crippen LogP contribution in [0.5, 0.6) is 0 Å². The molecule has 0 atom stereocenters. The molecule has 0 fully saturated rings. The van der Waals surface area contributed by atoms with Gasteiger partial charge in [0.15, 0.2) is 0 Å². The van der Waals surface area contributed by atoms with Gasteiger partial charge in [0.1, 0.15) is 0 Å². The molecule has 0 radical (unpaired) electrons. The second-order valence-electron chi connectivity index (χ2n) is 2.40. The van der Waals surface area contributed by atoms with E-state index in [1.165, 1.54) is 0 Å². The largest absolute Gasteiger partial charge is 0.439 e. The van der Waals surface area contributed by atoms with Crippen molar-refractivity contribution < 1.29 is 4.65 Å². The molecule has 0 rings (SSSR count). The molecule has 0 bridgehead atoms. The van der Waals surface area contributed by atoms with Gasteiger partial charge in [-0.15, -0.1) is 0 Å². The van der Waals surface area contributed by atoms with E-state index in [0.29, 0.717) is 6.92 Å². The highest BCUT2D eigenvalue weighted by Crippen LogP contribution is 2.05. The molecule has 0 N–H and O–H groups in total. The van der Waals surface area contributed by atoms with E-state index in [1.807, 2.05) is 6.82 Å². The molecule has 0 aliphatic rings. The maximum atomic E-state index is 5.72. The minimum atomic E-state index is 0.280. The minimum absolute atomic E-state index is 0.280. The van der Waals surface area contributed by atoms with Crippen molar-refractivity contribution in [3.05, 3.63) is 0 Å². The molecule has 4 heteroatoms. The zero-order valence-electron chi connectivity index (χ0n) is 6.36. The lowest BCUT2D eigenvalue weighted by atomic mass is 9.59. The molecule has 0 amide bonds. The predicted molar refractivity (Wildman–Crippen MR) is 45.7 cm³/mol. The van der Waals surface area contributed by atoms with Crippen LogP contribution in [0.15, 0.2) is 0 Å². The average Bonchev–Trinajstić information content (AvgIpc) is 1.83. The fourth-order valence-electron chi connectivity index (χ4n) is 0.582. The molecule has 1 nitrogen and oxygen atoms in total. The van der Waals surface area contributed by atoms with Crippen LogP contribution in [0, 0.1) is 0 Å². The standard InChI is InChI=1S/C5H13B2ClO/c1-6(8)4-5-7(2)9-3/h4-5H2,1-3H3. The molecular formula is C5H13B2ClO. The lowest BCUT2D eigenvalue weighted by molar-refractivity contribution is 0.425. The van der Waals surface area contributed by atoms with E-state index in [2.05, 4.69) is 6.82 Å². The van der Waals surface area contributed by atoms with Gasteiger partial charge in [-0.3, -0.25) is 0 Å². The molecule has 0 aromatic heterocycles. The van der Waals surface area contributed by atoms with Crippen LogP contribution in [0.3, 0.4) is 0 Å². The Morgan fingerprint density at radius 2 is 1.89 bits per heavy atom. The summed E-state index contributed by atoms with van der Waals surface area (Å²) in [6, 6.07) is 0. The first-order valence-electron chi connectivity index (χ1n) is 3.33. The first kappa shape index (κ1) is 9.38. The van der Waals surface area contributed by atoms with Crippen molar-refractivity contribution in [3.8, 4) is 0 Å². The van der Waals surface area contributed by atoms with E-state index >= 15 is 0 Å². The first-order valence-corrected chi connectivity index (χ1v) is 3.77. The molecule has 0 saturated heterocycles. The molecule has 9 heavy (non-hydrogen) atoms. The van der Waals surface area contributed by atoms with Crippen LogP contribution in [0.25, 0.3) is 0 Å². The lowest BCUT2D eigenvalue weighted by Crippen LogP contribution is -2.11. The number of hydrogen-bond donors (Lipinski definition) is 0. The van der Waals surface area contributed by atoms with Crippen LogP contribution in [0.1, 0.15) is 0 Å². The topological polar surface area (TPSA) is 9.23 Å². The normalized spacial score (nSPS) is 9.33. The molecule has 0 aromatic carbocycles. The maximum Gasteiger partial charge on any atom is 0.288 e. The van der Waals surface area contributed by atoms with E-state index in [4.69, 9.17) is 16.1 Å². The molecule has 0 saturated carbocycles. The van der Waals surface area contributed by atoms with Crippen LogP contribution >= 0.6 is 11.5 Å². The number of hydrogen-bond acceptors (Lipinski definition) is 1. The van der Waals surface area contributed by atoms with Crippen molar-refractivity contribution in [2.24, 2.45) is 0 Å². The Morgan fingerprint density at radius 3 is 2.22 bits per heavy atom. The van der Waals surface area contributed by atoms with Crippen molar-refractivity contribution >= 4 is 24.5 Å². The highest BCUT2D eigenvalue weighted by Gasteiger charge is 2.09. The summed E-state index contributed by atoms with van der Waals surface area (Å²) in [6.45, 7) is 4.41. The Kier molecular flexibility index (Phi) is 5.41. The van der Waals surface area contributed by atoms with E-state index in [1.54, 1.807) is 7.11 Å². The fourth-order valence-corrected chi connectivity index (χ4v) is 0.708. The Morgan fingerprint density at radius 1 is 1.33 bits per heavy atom. The smallest absolute Gasteiger partial charge is 0.288 e. The summed E-state index contributed by atoms with van der Waals surface area (Å²) < 4.78 is 5.04. The summed E-state index contributed by atoms with van der Waals surface area (Å²) in [4.78, 5) is 0. The average molecular weight is 146 g/mol. The third kappa shape index (κ3) is 6.26. The van der Waals surface area contributed by atoms with E-state index < -0.39 is 0 Å². The van der Waals surface area contributed by atoms with Crippen LogP contribution in [0.2, 0.25) is 26.3 Å². The predicted octanol–water partition coefficient (Wildman–Crippen LogP) is 2.11. The van der Waals surface area contributed by atoms with Gasteiger partial charge in [-0.1, -0.05) is 26.3 Å². The van der Waals surface area contributed by atoms with Gasteiger partial charge in [0.05, 0.1) is 0 Å². The van der Waals surface area contributed by atoms with Crippen LogP contribution in [0.4, 0.5) is 0 Å². The zero-order valence-corrected chi connectivity index (χ0v) is 7.11. The zero-order chi connectivity index (χ0) is 7.28. The molecular weight excluding hydrogens is 133 g/mol. The second-order valence-corrected chi connectivity index (χ2v) is 3.15. The fraction of sp³-hybridized carbons (Fsp3) is 1.00. The van der Waals surface area contributed by atoms with Gasteiger partial charge in [-0.2, -0.15) is 11.5 Å². The van der Waals surface area contributed by atoms with Crippen LogP contribution in [-0.2, 0) is 4.65 Å². The van der Waals surface area contributed by atoms with Crippen LogP contribution in [-0.4, -0.2) is 20.2 Å². The lowest BCUT2D eigenvalue weighted by Gasteiger charge is -2.03. The van der Waals surface area contributed by atoms with Gasteiger partial charge < -0.3 is 4.65 Å². The molecule has 0 unspecified atom stereocenters. The van der Waals surface area contributed by atoms with Gasteiger partial charge in [0.25, 0.3) is 6.92 Å². The van der Waals surface area contributed by atoms with Crippen LogP contribution < -0.4 is 0 Å². The van der Waals surface area contributed by atoms with Crippen molar-refractivity contribution in [1.82, 2.24) is 0 Å². The Labute approximate surface area is 63.2 Å². The number of halogens is 1. The van der Waals surface area contributed by atoms with Gasteiger partial charge in [-0.05, 0) is 0 Å². The maximum absolute atomic E-state index is 5.72. The van der Waals surface area contributed by atoms with Gasteiger partial charge in [0.2, 0.25) is 6.13 Å². The second kappa shape index (κ2) is 5.19. The summed E-state index contributed by atoms with van der Waals surface area (Å²) in [7, 11) is 1.73. The Hall–Kier alpha value is 0.380. The summed E-state index contributed by atoms with van der Waals surface area (Å²) in [6.07, 6.45) is 2.38. The van der Waals surface area contributed by atoms with Gasteiger partial charge >= 0.3 is 0 Å². The summed E-state index contributed by atoms with van der Waals surface area (Å²) >= 11 is 5.72. The SMILES string of the molecule is COB(C)CCB(C)Cl. The van der Waals surface area contributed by atoms with E-state index in [0.717, 1.165) is 12.6 Å². The van der Waals surface area contributed by atoms with E-state index in [-0.39, 0.29) is 6.13 Å². The number of rotatable bonds is 4. The van der Waals surface area contributed by atoms with Crippen molar-refractivity contribution in [2.45, 2.75) is 26.3 Å². The summed E-state index contributed by atoms with van der Waals surface area (Å²) in [5.41, 5.74) is 0. The quantitative estimate of drug-likeness (QED) is 0.552. The summed E-state index contributed by atoms with van der Waals surface area (Å²) in [5.74, 6) is 0. The highest BCUT2D eigenvalue weighted by molar-refractivity contribution is 7.06.